The summed E-state index contributed by atoms with van der Waals surface area (Å²) in [5.74, 6) is -0.633. The van der Waals surface area contributed by atoms with Crippen molar-refractivity contribution in [3.05, 3.63) is 47.3 Å². The van der Waals surface area contributed by atoms with Crippen molar-refractivity contribution >= 4 is 11.8 Å². The Morgan fingerprint density at radius 3 is 2.56 bits per heavy atom. The van der Waals surface area contributed by atoms with Crippen LogP contribution >= 0.6 is 0 Å². The SMILES string of the molecule is Cc1cc(C)n(-c2ccc(CC(=O)NC3CCCC3C(N)=O)cc2)n1. The smallest absolute Gasteiger partial charge is 0.224 e. The molecule has 1 aromatic heterocycles. The van der Waals surface area contributed by atoms with Gasteiger partial charge in [-0.25, -0.2) is 4.68 Å². The molecule has 3 rings (SSSR count). The van der Waals surface area contributed by atoms with E-state index in [1.54, 1.807) is 0 Å². The fraction of sp³-hybridized carbons (Fsp3) is 0.421. The summed E-state index contributed by atoms with van der Waals surface area (Å²) in [4.78, 5) is 23.7. The van der Waals surface area contributed by atoms with E-state index >= 15 is 0 Å². The molecule has 2 aromatic rings. The summed E-state index contributed by atoms with van der Waals surface area (Å²) in [6, 6.07) is 9.70. The van der Waals surface area contributed by atoms with Crippen LogP contribution in [0.4, 0.5) is 0 Å². The molecule has 6 nitrogen and oxygen atoms in total. The van der Waals surface area contributed by atoms with E-state index in [0.717, 1.165) is 41.9 Å². The lowest BCUT2D eigenvalue weighted by Gasteiger charge is -2.18. The highest BCUT2D eigenvalue weighted by Crippen LogP contribution is 2.25. The van der Waals surface area contributed by atoms with Gasteiger partial charge in [0.15, 0.2) is 0 Å². The second-order valence-corrected chi connectivity index (χ2v) is 6.80. The van der Waals surface area contributed by atoms with Gasteiger partial charge < -0.3 is 11.1 Å². The van der Waals surface area contributed by atoms with Crippen molar-refractivity contribution < 1.29 is 9.59 Å². The minimum Gasteiger partial charge on any atom is -0.369 e. The Hall–Kier alpha value is -2.63. The molecule has 1 fully saturated rings. The van der Waals surface area contributed by atoms with Crippen molar-refractivity contribution in [2.75, 3.05) is 0 Å². The van der Waals surface area contributed by atoms with Gasteiger partial charge in [-0.1, -0.05) is 18.6 Å². The lowest BCUT2D eigenvalue weighted by molar-refractivity contribution is -0.124. The highest BCUT2D eigenvalue weighted by Gasteiger charge is 2.32. The summed E-state index contributed by atoms with van der Waals surface area (Å²) < 4.78 is 1.88. The van der Waals surface area contributed by atoms with Crippen LogP contribution in [0.1, 0.15) is 36.2 Å². The van der Waals surface area contributed by atoms with Crippen molar-refractivity contribution in [1.29, 1.82) is 0 Å². The third-order valence-corrected chi connectivity index (χ3v) is 4.78. The molecule has 0 radical (unpaired) electrons. The van der Waals surface area contributed by atoms with E-state index in [2.05, 4.69) is 10.4 Å². The molecule has 0 aliphatic heterocycles. The Morgan fingerprint density at radius 1 is 1.24 bits per heavy atom. The van der Waals surface area contributed by atoms with Crippen LogP contribution in [0.3, 0.4) is 0 Å². The average molecular weight is 340 g/mol. The predicted molar refractivity (Wildman–Crippen MR) is 95.2 cm³/mol. The summed E-state index contributed by atoms with van der Waals surface area (Å²) in [7, 11) is 0. The van der Waals surface area contributed by atoms with Gasteiger partial charge in [0, 0.05) is 11.7 Å². The van der Waals surface area contributed by atoms with Crippen LogP contribution < -0.4 is 11.1 Å². The molecule has 1 saturated carbocycles. The molecule has 0 spiro atoms. The molecule has 1 aromatic carbocycles. The number of carbonyl (C=O) groups excluding carboxylic acids is 2. The molecule has 0 bridgehead atoms. The third kappa shape index (κ3) is 3.90. The Morgan fingerprint density at radius 2 is 1.96 bits per heavy atom. The quantitative estimate of drug-likeness (QED) is 0.869. The standard InChI is InChI=1S/C19H24N4O2/c1-12-10-13(2)23(22-12)15-8-6-14(7-9-15)11-18(24)21-17-5-3-4-16(17)19(20)25/h6-10,16-17H,3-5,11H2,1-2H3,(H2,20,25)(H,21,24). The van der Waals surface area contributed by atoms with Crippen molar-refractivity contribution in [2.24, 2.45) is 11.7 Å². The molecular formula is C19H24N4O2. The van der Waals surface area contributed by atoms with Crippen molar-refractivity contribution in [3.8, 4) is 5.69 Å². The number of aromatic nitrogens is 2. The first kappa shape index (κ1) is 17.2. The van der Waals surface area contributed by atoms with Crippen LogP contribution in [0, 0.1) is 19.8 Å². The number of carbonyl (C=O) groups is 2. The Kier molecular flexibility index (Phi) is 4.88. The van der Waals surface area contributed by atoms with Crippen LogP contribution in [0.25, 0.3) is 5.69 Å². The van der Waals surface area contributed by atoms with E-state index in [-0.39, 0.29) is 23.8 Å². The number of rotatable bonds is 5. The fourth-order valence-corrected chi connectivity index (χ4v) is 3.56. The van der Waals surface area contributed by atoms with Crippen LogP contribution in [0.5, 0.6) is 0 Å². The van der Waals surface area contributed by atoms with Crippen molar-refractivity contribution in [1.82, 2.24) is 15.1 Å². The minimum atomic E-state index is -0.322. The molecule has 6 heteroatoms. The number of benzene rings is 1. The largest absolute Gasteiger partial charge is 0.369 e. The van der Waals surface area contributed by atoms with E-state index in [1.807, 2.05) is 48.9 Å². The average Bonchev–Trinajstić information content (AvgIpc) is 3.14. The van der Waals surface area contributed by atoms with Crippen molar-refractivity contribution in [2.45, 2.75) is 45.6 Å². The van der Waals surface area contributed by atoms with Crippen LogP contribution in [-0.2, 0) is 16.0 Å². The normalized spacial score (nSPS) is 19.8. The number of aryl methyl sites for hydroxylation is 2. The third-order valence-electron chi connectivity index (χ3n) is 4.78. The fourth-order valence-electron chi connectivity index (χ4n) is 3.56. The summed E-state index contributed by atoms with van der Waals surface area (Å²) >= 11 is 0. The van der Waals surface area contributed by atoms with E-state index in [4.69, 9.17) is 5.73 Å². The lowest BCUT2D eigenvalue weighted by Crippen LogP contribution is -2.42. The van der Waals surface area contributed by atoms with Gasteiger partial charge in [-0.05, 0) is 50.5 Å². The molecule has 25 heavy (non-hydrogen) atoms. The Balaban J connectivity index is 1.62. The topological polar surface area (TPSA) is 90.0 Å². The monoisotopic (exact) mass is 340 g/mol. The number of hydrogen-bond acceptors (Lipinski definition) is 3. The molecule has 132 valence electrons. The first-order valence-electron chi connectivity index (χ1n) is 8.65. The summed E-state index contributed by atoms with van der Waals surface area (Å²) in [5.41, 5.74) is 9.35. The van der Waals surface area contributed by atoms with E-state index < -0.39 is 0 Å². The molecule has 2 atom stereocenters. The maximum absolute atomic E-state index is 12.3. The van der Waals surface area contributed by atoms with Crippen LogP contribution in [0.2, 0.25) is 0 Å². The van der Waals surface area contributed by atoms with Gasteiger partial charge in [0.25, 0.3) is 0 Å². The minimum absolute atomic E-state index is 0.0722. The number of amides is 2. The predicted octanol–water partition coefficient (Wildman–Crippen LogP) is 1.80. The van der Waals surface area contributed by atoms with Crippen LogP contribution in [-0.4, -0.2) is 27.6 Å². The number of primary amides is 1. The molecule has 2 unspecified atom stereocenters. The zero-order valence-electron chi connectivity index (χ0n) is 14.7. The highest BCUT2D eigenvalue weighted by molar-refractivity contribution is 5.82. The molecule has 2 amide bonds. The molecule has 1 aliphatic carbocycles. The second kappa shape index (κ2) is 7.09. The lowest BCUT2D eigenvalue weighted by atomic mass is 10.0. The number of hydrogen-bond donors (Lipinski definition) is 2. The summed E-state index contributed by atoms with van der Waals surface area (Å²) in [6.07, 6.45) is 2.79. The van der Waals surface area contributed by atoms with Gasteiger partial charge in [0.1, 0.15) is 0 Å². The highest BCUT2D eigenvalue weighted by atomic mass is 16.2. The Labute approximate surface area is 147 Å². The van der Waals surface area contributed by atoms with Gasteiger partial charge in [-0.15, -0.1) is 0 Å². The zero-order chi connectivity index (χ0) is 18.0. The molecular weight excluding hydrogens is 316 g/mol. The van der Waals surface area contributed by atoms with E-state index in [9.17, 15) is 9.59 Å². The molecule has 1 heterocycles. The van der Waals surface area contributed by atoms with Crippen molar-refractivity contribution in [3.63, 3.8) is 0 Å². The zero-order valence-corrected chi connectivity index (χ0v) is 14.7. The van der Waals surface area contributed by atoms with Crippen LogP contribution in [0.15, 0.2) is 30.3 Å². The number of nitrogens with two attached hydrogens (primary N) is 1. The molecule has 0 saturated heterocycles. The van der Waals surface area contributed by atoms with Gasteiger partial charge in [0.05, 0.1) is 23.7 Å². The first-order valence-corrected chi connectivity index (χ1v) is 8.65. The van der Waals surface area contributed by atoms with E-state index in [1.165, 1.54) is 0 Å². The maximum Gasteiger partial charge on any atom is 0.224 e. The number of nitrogens with one attached hydrogen (secondary N) is 1. The number of nitrogens with zero attached hydrogens (tertiary/aromatic N) is 2. The van der Waals surface area contributed by atoms with Gasteiger partial charge >= 0.3 is 0 Å². The maximum atomic E-state index is 12.3. The molecule has 3 N–H and O–H groups in total. The van der Waals surface area contributed by atoms with Gasteiger partial charge in [0.2, 0.25) is 11.8 Å². The molecule has 1 aliphatic rings. The first-order chi connectivity index (χ1) is 11.9. The summed E-state index contributed by atoms with van der Waals surface area (Å²) in [6.45, 7) is 3.97. The van der Waals surface area contributed by atoms with Gasteiger partial charge in [-0.2, -0.15) is 5.10 Å². The second-order valence-electron chi connectivity index (χ2n) is 6.80. The van der Waals surface area contributed by atoms with Gasteiger partial charge in [-0.3, -0.25) is 9.59 Å². The Bertz CT molecular complexity index is 779. The van der Waals surface area contributed by atoms with E-state index in [0.29, 0.717) is 6.42 Å². The summed E-state index contributed by atoms with van der Waals surface area (Å²) in [5, 5.41) is 7.42.